The first kappa shape index (κ1) is 12.7. The average Bonchev–Trinajstić information content (AvgIpc) is 2.39. The standard InChI is InChI=1S/C16H19NO/c1-12-4-6-13(7-5-12)16(2,17)14-8-10-15(18-3)11-9-14/h4-11H,17H2,1-3H3. The molecule has 0 fully saturated rings. The normalized spacial score (nSPS) is 14.0. The van der Waals surface area contributed by atoms with Gasteiger partial charge < -0.3 is 10.5 Å². The van der Waals surface area contributed by atoms with E-state index in [4.69, 9.17) is 10.5 Å². The summed E-state index contributed by atoms with van der Waals surface area (Å²) in [5.41, 5.74) is 9.40. The quantitative estimate of drug-likeness (QED) is 0.895. The number of aryl methyl sites for hydroxylation is 1. The average molecular weight is 241 g/mol. The predicted octanol–water partition coefficient (Wildman–Crippen LogP) is 3.23. The molecule has 1 atom stereocenters. The molecule has 0 bridgehead atoms. The lowest BCUT2D eigenvalue weighted by molar-refractivity contribution is 0.414. The van der Waals surface area contributed by atoms with E-state index in [-0.39, 0.29) is 0 Å². The van der Waals surface area contributed by atoms with E-state index in [0.29, 0.717) is 0 Å². The molecule has 0 saturated heterocycles. The number of benzene rings is 2. The molecule has 0 saturated carbocycles. The Hall–Kier alpha value is -1.80. The summed E-state index contributed by atoms with van der Waals surface area (Å²) in [7, 11) is 1.66. The van der Waals surface area contributed by atoms with E-state index >= 15 is 0 Å². The van der Waals surface area contributed by atoms with Crippen molar-refractivity contribution in [2.75, 3.05) is 7.11 Å². The van der Waals surface area contributed by atoms with Gasteiger partial charge in [0.15, 0.2) is 0 Å². The molecule has 0 aliphatic carbocycles. The summed E-state index contributed by atoms with van der Waals surface area (Å²) in [5, 5.41) is 0. The van der Waals surface area contributed by atoms with E-state index in [1.165, 1.54) is 5.56 Å². The third-order valence-corrected chi connectivity index (χ3v) is 3.34. The van der Waals surface area contributed by atoms with E-state index in [1.54, 1.807) is 7.11 Å². The molecule has 0 amide bonds. The highest BCUT2D eigenvalue weighted by Gasteiger charge is 2.23. The Morgan fingerprint density at radius 3 is 1.78 bits per heavy atom. The van der Waals surface area contributed by atoms with Gasteiger partial charge in [-0.25, -0.2) is 0 Å². The molecule has 0 aliphatic rings. The van der Waals surface area contributed by atoms with Gasteiger partial charge in [0.2, 0.25) is 0 Å². The summed E-state index contributed by atoms with van der Waals surface area (Å²) >= 11 is 0. The van der Waals surface area contributed by atoms with Crippen LogP contribution in [0, 0.1) is 6.92 Å². The fourth-order valence-corrected chi connectivity index (χ4v) is 2.00. The van der Waals surface area contributed by atoms with Crippen LogP contribution in [0.15, 0.2) is 48.5 Å². The highest BCUT2D eigenvalue weighted by Crippen LogP contribution is 2.28. The van der Waals surface area contributed by atoms with Crippen molar-refractivity contribution in [3.63, 3.8) is 0 Å². The summed E-state index contributed by atoms with van der Waals surface area (Å²) in [6, 6.07) is 16.2. The smallest absolute Gasteiger partial charge is 0.118 e. The molecule has 2 rings (SSSR count). The molecule has 2 N–H and O–H groups in total. The van der Waals surface area contributed by atoms with E-state index in [9.17, 15) is 0 Å². The first-order chi connectivity index (χ1) is 8.54. The van der Waals surface area contributed by atoms with Crippen LogP contribution in [0.4, 0.5) is 0 Å². The Bertz CT molecular complexity index is 512. The molecule has 1 unspecified atom stereocenters. The van der Waals surface area contributed by atoms with Gasteiger partial charge >= 0.3 is 0 Å². The summed E-state index contributed by atoms with van der Waals surface area (Å²) in [4.78, 5) is 0. The zero-order valence-electron chi connectivity index (χ0n) is 11.1. The summed E-state index contributed by atoms with van der Waals surface area (Å²) in [5.74, 6) is 0.846. The van der Waals surface area contributed by atoms with Crippen LogP contribution in [0.1, 0.15) is 23.6 Å². The van der Waals surface area contributed by atoms with Crippen molar-refractivity contribution in [3.8, 4) is 5.75 Å². The minimum Gasteiger partial charge on any atom is -0.497 e. The molecule has 94 valence electrons. The molecule has 0 aromatic heterocycles. The minimum atomic E-state index is -0.486. The molecule has 2 aromatic carbocycles. The highest BCUT2D eigenvalue weighted by molar-refractivity contribution is 5.40. The van der Waals surface area contributed by atoms with E-state index in [0.717, 1.165) is 16.9 Å². The predicted molar refractivity (Wildman–Crippen MR) is 74.8 cm³/mol. The van der Waals surface area contributed by atoms with Crippen LogP contribution >= 0.6 is 0 Å². The molecule has 2 heteroatoms. The molecule has 2 aromatic rings. The molecular formula is C16H19NO. The van der Waals surface area contributed by atoms with E-state index in [1.807, 2.05) is 31.2 Å². The van der Waals surface area contributed by atoms with Gasteiger partial charge in [-0.05, 0) is 37.1 Å². The lowest BCUT2D eigenvalue weighted by Gasteiger charge is -2.26. The van der Waals surface area contributed by atoms with Crippen molar-refractivity contribution in [2.45, 2.75) is 19.4 Å². The van der Waals surface area contributed by atoms with E-state index < -0.39 is 5.54 Å². The Morgan fingerprint density at radius 1 is 0.889 bits per heavy atom. The zero-order chi connectivity index (χ0) is 13.2. The van der Waals surface area contributed by atoms with E-state index in [2.05, 4.69) is 31.2 Å². The van der Waals surface area contributed by atoms with Crippen molar-refractivity contribution >= 4 is 0 Å². The van der Waals surface area contributed by atoms with Gasteiger partial charge in [0.05, 0.1) is 12.6 Å². The molecule has 18 heavy (non-hydrogen) atoms. The Labute approximate surface area is 108 Å². The maximum absolute atomic E-state index is 6.46. The molecule has 2 nitrogen and oxygen atoms in total. The molecular weight excluding hydrogens is 222 g/mol. The number of rotatable bonds is 3. The molecule has 0 radical (unpaired) electrons. The zero-order valence-corrected chi connectivity index (χ0v) is 11.1. The van der Waals surface area contributed by atoms with Crippen molar-refractivity contribution in [1.29, 1.82) is 0 Å². The second kappa shape index (κ2) is 4.83. The van der Waals surface area contributed by atoms with Crippen LogP contribution < -0.4 is 10.5 Å². The number of methoxy groups -OCH3 is 1. The maximum Gasteiger partial charge on any atom is 0.118 e. The summed E-state index contributed by atoms with van der Waals surface area (Å²) in [6.07, 6.45) is 0. The molecule has 0 spiro atoms. The number of nitrogens with two attached hydrogens (primary N) is 1. The third kappa shape index (κ3) is 2.39. The van der Waals surface area contributed by atoms with Crippen LogP contribution in [0.25, 0.3) is 0 Å². The van der Waals surface area contributed by atoms with Crippen molar-refractivity contribution in [3.05, 3.63) is 65.2 Å². The Kier molecular flexibility index (Phi) is 3.39. The highest BCUT2D eigenvalue weighted by atomic mass is 16.5. The van der Waals surface area contributed by atoms with Gasteiger partial charge in [0.1, 0.15) is 5.75 Å². The second-order valence-corrected chi connectivity index (χ2v) is 4.80. The minimum absolute atomic E-state index is 0.486. The van der Waals surface area contributed by atoms with Crippen LogP contribution in [0.3, 0.4) is 0 Å². The van der Waals surface area contributed by atoms with Gasteiger partial charge in [-0.1, -0.05) is 42.0 Å². The van der Waals surface area contributed by atoms with Crippen molar-refractivity contribution in [2.24, 2.45) is 5.73 Å². The first-order valence-electron chi connectivity index (χ1n) is 6.04. The largest absolute Gasteiger partial charge is 0.497 e. The topological polar surface area (TPSA) is 35.2 Å². The van der Waals surface area contributed by atoms with Crippen LogP contribution in [0.5, 0.6) is 5.75 Å². The SMILES string of the molecule is COc1ccc(C(C)(N)c2ccc(C)cc2)cc1. The van der Waals surface area contributed by atoms with Crippen molar-refractivity contribution in [1.82, 2.24) is 0 Å². The molecule has 0 aliphatic heterocycles. The van der Waals surface area contributed by atoms with Gasteiger partial charge in [0, 0.05) is 0 Å². The summed E-state index contributed by atoms with van der Waals surface area (Å²) < 4.78 is 5.16. The second-order valence-electron chi connectivity index (χ2n) is 4.80. The van der Waals surface area contributed by atoms with Gasteiger partial charge in [-0.3, -0.25) is 0 Å². The fraction of sp³-hybridized carbons (Fsp3) is 0.250. The number of ether oxygens (including phenoxy) is 1. The maximum atomic E-state index is 6.46. The number of hydrogen-bond donors (Lipinski definition) is 1. The van der Waals surface area contributed by atoms with Gasteiger partial charge in [-0.15, -0.1) is 0 Å². The monoisotopic (exact) mass is 241 g/mol. The lowest BCUT2D eigenvalue weighted by Crippen LogP contribution is -2.34. The number of hydrogen-bond acceptors (Lipinski definition) is 2. The molecule has 0 heterocycles. The Balaban J connectivity index is 2.37. The van der Waals surface area contributed by atoms with Gasteiger partial charge in [0.25, 0.3) is 0 Å². The first-order valence-corrected chi connectivity index (χ1v) is 6.04. The van der Waals surface area contributed by atoms with Crippen LogP contribution in [-0.4, -0.2) is 7.11 Å². The third-order valence-electron chi connectivity index (χ3n) is 3.34. The lowest BCUT2D eigenvalue weighted by atomic mass is 9.85. The fourth-order valence-electron chi connectivity index (χ4n) is 2.00. The Morgan fingerprint density at radius 2 is 1.33 bits per heavy atom. The van der Waals surface area contributed by atoms with Crippen LogP contribution in [-0.2, 0) is 5.54 Å². The summed E-state index contributed by atoms with van der Waals surface area (Å²) in [6.45, 7) is 4.10. The van der Waals surface area contributed by atoms with Gasteiger partial charge in [-0.2, -0.15) is 0 Å². The van der Waals surface area contributed by atoms with Crippen molar-refractivity contribution < 1.29 is 4.74 Å². The van der Waals surface area contributed by atoms with Crippen LogP contribution in [0.2, 0.25) is 0 Å².